The molecule has 0 spiro atoms. The minimum atomic E-state index is -0.425. The van der Waals surface area contributed by atoms with Crippen LogP contribution in [-0.4, -0.2) is 69.1 Å². The van der Waals surface area contributed by atoms with Crippen molar-refractivity contribution in [3.63, 3.8) is 0 Å². The fourth-order valence-electron chi connectivity index (χ4n) is 5.85. The second-order valence-electron chi connectivity index (χ2n) is 9.91. The first-order chi connectivity index (χ1) is 16.0. The summed E-state index contributed by atoms with van der Waals surface area (Å²) in [5.74, 6) is 1.74. The monoisotopic (exact) mass is 452 g/mol. The van der Waals surface area contributed by atoms with Crippen molar-refractivity contribution in [1.29, 1.82) is 0 Å². The van der Waals surface area contributed by atoms with Gasteiger partial charge in [0.15, 0.2) is 11.5 Å². The summed E-state index contributed by atoms with van der Waals surface area (Å²) in [4.78, 5) is 7.46. The van der Waals surface area contributed by atoms with Crippen LogP contribution in [0.4, 0.5) is 5.82 Å². The van der Waals surface area contributed by atoms with Gasteiger partial charge < -0.3 is 19.1 Å². The van der Waals surface area contributed by atoms with E-state index >= 15 is 0 Å². The molecule has 3 unspecified atom stereocenters. The molecule has 9 heteroatoms. The van der Waals surface area contributed by atoms with Gasteiger partial charge in [0.2, 0.25) is 0 Å². The van der Waals surface area contributed by atoms with E-state index in [-0.39, 0.29) is 24.4 Å². The molecule has 9 nitrogen and oxygen atoms in total. The number of aromatic nitrogens is 5. The molecule has 1 N–H and O–H groups in total. The van der Waals surface area contributed by atoms with Gasteiger partial charge >= 0.3 is 0 Å². The topological polar surface area (TPSA) is 90.3 Å². The number of ether oxygens (including phenoxy) is 3. The average molecular weight is 453 g/mol. The third-order valence-electron chi connectivity index (χ3n) is 7.17. The Morgan fingerprint density at radius 1 is 1.24 bits per heavy atom. The van der Waals surface area contributed by atoms with Gasteiger partial charge in [0.1, 0.15) is 5.82 Å². The maximum atomic E-state index is 6.81. The number of pyridine rings is 1. The van der Waals surface area contributed by atoms with Gasteiger partial charge in [0.05, 0.1) is 55.6 Å². The number of nitrogens with one attached hydrogen (secondary N) is 1. The lowest BCUT2D eigenvalue weighted by Gasteiger charge is -2.43. The van der Waals surface area contributed by atoms with Gasteiger partial charge in [0.25, 0.3) is 0 Å². The van der Waals surface area contributed by atoms with Crippen LogP contribution in [-0.2, 0) is 19.8 Å². The molecule has 6 heterocycles. The summed E-state index contributed by atoms with van der Waals surface area (Å²) in [6, 6.07) is 4.40. The molecule has 3 atom stereocenters. The summed E-state index contributed by atoms with van der Waals surface area (Å²) < 4.78 is 20.6. The van der Waals surface area contributed by atoms with Gasteiger partial charge in [-0.15, -0.1) is 0 Å². The number of morpholine rings is 1. The largest absolute Gasteiger partial charge is 0.377 e. The number of nitrogens with zero attached hydrogens (tertiary/aromatic N) is 5. The maximum Gasteiger partial charge on any atom is 0.167 e. The van der Waals surface area contributed by atoms with Crippen molar-refractivity contribution in [3.8, 4) is 5.82 Å². The van der Waals surface area contributed by atoms with Gasteiger partial charge in [-0.2, -0.15) is 14.9 Å². The number of H-pyrrole nitrogens is 1. The van der Waals surface area contributed by atoms with E-state index < -0.39 is 5.60 Å². The van der Waals surface area contributed by atoms with Crippen LogP contribution in [0.5, 0.6) is 0 Å². The Labute approximate surface area is 193 Å². The summed E-state index contributed by atoms with van der Waals surface area (Å²) in [5, 5.41) is 12.9. The third kappa shape index (κ3) is 3.62. The van der Waals surface area contributed by atoms with Crippen LogP contribution >= 0.6 is 0 Å². The van der Waals surface area contributed by atoms with Gasteiger partial charge in [-0.25, -0.2) is 4.98 Å². The number of anilines is 1. The molecule has 3 aliphatic rings. The summed E-state index contributed by atoms with van der Waals surface area (Å²) in [6.45, 7) is 8.63. The van der Waals surface area contributed by atoms with Crippen molar-refractivity contribution in [1.82, 2.24) is 25.0 Å². The molecule has 3 saturated heterocycles. The van der Waals surface area contributed by atoms with Crippen molar-refractivity contribution in [3.05, 3.63) is 30.1 Å². The molecular weight excluding hydrogens is 420 g/mol. The molecule has 3 aliphatic heterocycles. The zero-order valence-electron chi connectivity index (χ0n) is 19.5. The zero-order valence-corrected chi connectivity index (χ0v) is 19.5. The van der Waals surface area contributed by atoms with Crippen molar-refractivity contribution < 1.29 is 14.2 Å². The standard InChI is InChI=1S/C24H32N6O3/c1-15(2)33-24(11-17-4-5-18(12-24)32-17)20-10-22(29-8-9-31-14-16(29)3)27-23-19(20)13-26-30(23)21-6-7-25-28-21/h6-7,10,13,15-18H,4-5,8-9,11-12,14H2,1-3H3,(H,25,28). The fourth-order valence-corrected chi connectivity index (χ4v) is 5.85. The van der Waals surface area contributed by atoms with Crippen molar-refractivity contribution >= 4 is 16.9 Å². The number of fused-ring (bicyclic) bond motifs is 3. The lowest BCUT2D eigenvalue weighted by Crippen LogP contribution is -2.45. The quantitative estimate of drug-likeness (QED) is 0.635. The molecule has 0 aromatic carbocycles. The van der Waals surface area contributed by atoms with Crippen molar-refractivity contribution in [2.24, 2.45) is 0 Å². The summed E-state index contributed by atoms with van der Waals surface area (Å²) >= 11 is 0. The highest BCUT2D eigenvalue weighted by Gasteiger charge is 2.48. The molecule has 6 rings (SSSR count). The molecule has 0 aliphatic carbocycles. The van der Waals surface area contributed by atoms with E-state index in [1.807, 2.05) is 16.9 Å². The van der Waals surface area contributed by atoms with Gasteiger partial charge in [0, 0.05) is 36.4 Å². The molecule has 2 bridgehead atoms. The normalized spacial score (nSPS) is 29.9. The van der Waals surface area contributed by atoms with E-state index in [1.54, 1.807) is 6.20 Å². The Morgan fingerprint density at radius 2 is 2.06 bits per heavy atom. The first kappa shape index (κ1) is 21.1. The van der Waals surface area contributed by atoms with Crippen LogP contribution < -0.4 is 4.90 Å². The van der Waals surface area contributed by atoms with Crippen LogP contribution in [0.25, 0.3) is 16.9 Å². The molecular formula is C24H32N6O3. The average Bonchev–Trinajstić information content (AvgIpc) is 3.53. The van der Waals surface area contributed by atoms with Crippen LogP contribution in [0, 0.1) is 0 Å². The van der Waals surface area contributed by atoms with E-state index in [4.69, 9.17) is 24.3 Å². The number of aromatic amines is 1. The van der Waals surface area contributed by atoms with Gasteiger partial charge in [-0.05, 0) is 39.7 Å². The molecule has 3 aromatic rings. The van der Waals surface area contributed by atoms with Crippen molar-refractivity contribution in [2.75, 3.05) is 24.7 Å². The zero-order chi connectivity index (χ0) is 22.6. The number of rotatable bonds is 5. The molecule has 3 fully saturated rings. The molecule has 0 radical (unpaired) electrons. The van der Waals surface area contributed by atoms with Crippen molar-refractivity contribution in [2.45, 2.75) is 76.4 Å². The molecule has 3 aromatic heterocycles. The Morgan fingerprint density at radius 3 is 2.76 bits per heavy atom. The highest BCUT2D eigenvalue weighted by molar-refractivity contribution is 5.83. The summed E-state index contributed by atoms with van der Waals surface area (Å²) in [6.07, 6.45) is 8.14. The van der Waals surface area contributed by atoms with Crippen LogP contribution in [0.1, 0.15) is 52.0 Å². The lowest BCUT2D eigenvalue weighted by molar-refractivity contribution is -0.167. The second-order valence-corrected chi connectivity index (χ2v) is 9.91. The van der Waals surface area contributed by atoms with E-state index in [0.717, 1.165) is 54.9 Å². The SMILES string of the molecule is CC(C)OC1(c2cc(N3CCOCC3C)nc3c2cnn3-c2ccn[nH]2)CC2CCC(C1)O2. The predicted octanol–water partition coefficient (Wildman–Crippen LogP) is 3.33. The fraction of sp³-hybridized carbons (Fsp3) is 0.625. The Hall–Kier alpha value is -2.49. The lowest BCUT2D eigenvalue weighted by atomic mass is 9.81. The Kier molecular flexibility index (Phi) is 5.15. The van der Waals surface area contributed by atoms with Crippen LogP contribution in [0.15, 0.2) is 24.5 Å². The number of hydrogen-bond acceptors (Lipinski definition) is 7. The predicted molar refractivity (Wildman–Crippen MR) is 124 cm³/mol. The van der Waals surface area contributed by atoms with Gasteiger partial charge in [-0.1, -0.05) is 0 Å². The second kappa shape index (κ2) is 8.07. The molecule has 0 saturated carbocycles. The van der Waals surface area contributed by atoms with Gasteiger partial charge in [-0.3, -0.25) is 5.10 Å². The van der Waals surface area contributed by atoms with E-state index in [2.05, 4.69) is 41.9 Å². The maximum absolute atomic E-state index is 6.81. The van der Waals surface area contributed by atoms with E-state index in [0.29, 0.717) is 13.2 Å². The first-order valence-corrected chi connectivity index (χ1v) is 12.1. The van der Waals surface area contributed by atoms with Crippen LogP contribution in [0.3, 0.4) is 0 Å². The number of hydrogen-bond donors (Lipinski definition) is 1. The Balaban J connectivity index is 1.56. The summed E-state index contributed by atoms with van der Waals surface area (Å²) in [5.41, 5.74) is 1.56. The molecule has 33 heavy (non-hydrogen) atoms. The highest BCUT2D eigenvalue weighted by atomic mass is 16.5. The Bertz CT molecular complexity index is 1110. The molecule has 176 valence electrons. The first-order valence-electron chi connectivity index (χ1n) is 12.1. The molecule has 0 amide bonds. The smallest absolute Gasteiger partial charge is 0.167 e. The minimum absolute atomic E-state index is 0.0964. The van der Waals surface area contributed by atoms with Crippen LogP contribution in [0.2, 0.25) is 0 Å². The van der Waals surface area contributed by atoms with E-state index in [9.17, 15) is 0 Å². The van der Waals surface area contributed by atoms with E-state index in [1.165, 1.54) is 5.56 Å². The third-order valence-corrected chi connectivity index (χ3v) is 7.17. The summed E-state index contributed by atoms with van der Waals surface area (Å²) in [7, 11) is 0. The highest BCUT2D eigenvalue weighted by Crippen LogP contribution is 2.49. The minimum Gasteiger partial charge on any atom is -0.377 e.